The molecule has 0 unspecified atom stereocenters. The van der Waals surface area contributed by atoms with Crippen LogP contribution in [0.1, 0.15) is 31.4 Å². The number of nitrogens with zero attached hydrogens (tertiary/aromatic N) is 1. The van der Waals surface area contributed by atoms with Gasteiger partial charge in [0.15, 0.2) is 0 Å². The van der Waals surface area contributed by atoms with Gasteiger partial charge in [-0.15, -0.1) is 0 Å². The van der Waals surface area contributed by atoms with E-state index < -0.39 is 11.7 Å². The highest BCUT2D eigenvalue weighted by atomic mass is 35.5. The van der Waals surface area contributed by atoms with E-state index in [1.54, 1.807) is 25.4 Å². The number of halogens is 5. The van der Waals surface area contributed by atoms with Gasteiger partial charge in [0, 0.05) is 16.2 Å². The van der Waals surface area contributed by atoms with E-state index in [-0.39, 0.29) is 23.0 Å². The second-order valence-electron chi connectivity index (χ2n) is 7.82. The molecule has 0 amide bonds. The van der Waals surface area contributed by atoms with Gasteiger partial charge in [-0.3, -0.25) is 4.99 Å². The Morgan fingerprint density at radius 3 is 2.39 bits per heavy atom. The third kappa shape index (κ3) is 7.85. The molecule has 1 N–H and O–H groups in total. The highest BCUT2D eigenvalue weighted by Gasteiger charge is 2.31. The summed E-state index contributed by atoms with van der Waals surface area (Å²) in [6, 6.07) is 9.80. The van der Waals surface area contributed by atoms with Gasteiger partial charge in [0.25, 0.3) is 0 Å². The van der Waals surface area contributed by atoms with Crippen molar-refractivity contribution in [1.29, 1.82) is 0 Å². The van der Waals surface area contributed by atoms with Crippen molar-refractivity contribution in [2.75, 3.05) is 13.7 Å². The minimum absolute atomic E-state index is 0.0466. The van der Waals surface area contributed by atoms with Gasteiger partial charge in [-0.05, 0) is 73.5 Å². The zero-order valence-corrected chi connectivity index (χ0v) is 21.4. The average Bonchev–Trinajstić information content (AvgIpc) is 2.84. The number of allylic oxidation sites excluding steroid dienone is 4. The zero-order chi connectivity index (χ0) is 26.9. The summed E-state index contributed by atoms with van der Waals surface area (Å²) in [5.74, 6) is 0.703. The summed E-state index contributed by atoms with van der Waals surface area (Å²) in [5, 5.41) is 3.01. The predicted molar refractivity (Wildman–Crippen MR) is 140 cm³/mol. The first kappa shape index (κ1) is 28.9. The van der Waals surface area contributed by atoms with E-state index in [4.69, 9.17) is 16.3 Å². The van der Waals surface area contributed by atoms with Crippen molar-refractivity contribution >= 4 is 17.4 Å². The van der Waals surface area contributed by atoms with Gasteiger partial charge in [0.1, 0.15) is 17.4 Å². The van der Waals surface area contributed by atoms with Gasteiger partial charge in [-0.1, -0.05) is 49.4 Å². The molecule has 0 atom stereocenters. The molecule has 0 heterocycles. The van der Waals surface area contributed by atoms with Gasteiger partial charge in [0.05, 0.1) is 19.2 Å². The number of nitrogens with one attached hydrogen (secondary N) is 1. The SMILES string of the molecule is C=C(CN=C(N/C=C/CC)c1cc(-c2ccc(F)cc2)cc(OC)c1C)/C(Cl)=C\C(=C/C)C(F)(F)F. The molecule has 2 aromatic rings. The molecule has 0 fully saturated rings. The molecular weight excluding hydrogens is 492 g/mol. The number of amidine groups is 1. The lowest BCUT2D eigenvalue weighted by atomic mass is 9.98. The second kappa shape index (κ2) is 13.1. The van der Waals surface area contributed by atoms with Crippen LogP contribution in [0, 0.1) is 12.7 Å². The first-order chi connectivity index (χ1) is 17.0. The zero-order valence-electron chi connectivity index (χ0n) is 20.6. The molecule has 0 aromatic heterocycles. The number of aliphatic imine (C=N–C) groups is 1. The molecule has 0 aliphatic carbocycles. The van der Waals surface area contributed by atoms with Crippen molar-refractivity contribution in [2.24, 2.45) is 4.99 Å². The smallest absolute Gasteiger partial charge is 0.416 e. The Morgan fingerprint density at radius 1 is 1.17 bits per heavy atom. The van der Waals surface area contributed by atoms with Gasteiger partial charge >= 0.3 is 6.18 Å². The van der Waals surface area contributed by atoms with E-state index in [2.05, 4.69) is 16.9 Å². The Balaban J connectivity index is 2.52. The third-order valence-electron chi connectivity index (χ3n) is 5.27. The number of hydrogen-bond acceptors (Lipinski definition) is 2. The topological polar surface area (TPSA) is 33.6 Å². The van der Waals surface area contributed by atoms with Crippen molar-refractivity contribution in [3.05, 3.63) is 101 Å². The molecule has 2 aromatic carbocycles. The molecule has 2 rings (SSSR count). The first-order valence-corrected chi connectivity index (χ1v) is 11.6. The predicted octanol–water partition coefficient (Wildman–Crippen LogP) is 8.26. The van der Waals surface area contributed by atoms with Crippen LogP contribution in [0.2, 0.25) is 0 Å². The summed E-state index contributed by atoms with van der Waals surface area (Å²) in [6.07, 6.45) is 1.67. The lowest BCUT2D eigenvalue weighted by Crippen LogP contribution is -2.21. The number of rotatable bonds is 9. The van der Waals surface area contributed by atoms with Crippen molar-refractivity contribution in [3.8, 4) is 16.9 Å². The van der Waals surface area contributed by atoms with E-state index in [1.807, 2.05) is 32.1 Å². The number of benzene rings is 2. The van der Waals surface area contributed by atoms with E-state index in [9.17, 15) is 17.6 Å². The maximum Gasteiger partial charge on any atom is 0.416 e. The third-order valence-corrected chi connectivity index (χ3v) is 5.65. The summed E-state index contributed by atoms with van der Waals surface area (Å²) >= 11 is 6.13. The van der Waals surface area contributed by atoms with Crippen LogP contribution in [0.15, 0.2) is 88.6 Å². The highest BCUT2D eigenvalue weighted by Crippen LogP contribution is 2.31. The summed E-state index contributed by atoms with van der Waals surface area (Å²) < 4.78 is 58.3. The number of methoxy groups -OCH3 is 1. The van der Waals surface area contributed by atoms with Gasteiger partial charge in [-0.25, -0.2) is 4.39 Å². The lowest BCUT2D eigenvalue weighted by molar-refractivity contribution is -0.0883. The van der Waals surface area contributed by atoms with Crippen LogP contribution < -0.4 is 10.1 Å². The molecule has 8 heteroatoms. The summed E-state index contributed by atoms with van der Waals surface area (Å²) in [4.78, 5) is 4.58. The molecule has 36 heavy (non-hydrogen) atoms. The monoisotopic (exact) mass is 520 g/mol. The van der Waals surface area contributed by atoms with Crippen molar-refractivity contribution in [3.63, 3.8) is 0 Å². The van der Waals surface area contributed by atoms with Gasteiger partial charge < -0.3 is 10.1 Å². The first-order valence-electron chi connectivity index (χ1n) is 11.2. The highest BCUT2D eigenvalue weighted by molar-refractivity contribution is 6.32. The molecule has 0 aliphatic heterocycles. The van der Waals surface area contributed by atoms with E-state index >= 15 is 0 Å². The molecule has 0 saturated carbocycles. The second-order valence-corrected chi connectivity index (χ2v) is 8.22. The number of alkyl halides is 3. The van der Waals surface area contributed by atoms with Crippen LogP contribution in [-0.2, 0) is 0 Å². The van der Waals surface area contributed by atoms with Crippen molar-refractivity contribution in [2.45, 2.75) is 33.4 Å². The Labute approximate surface area is 214 Å². The van der Waals surface area contributed by atoms with Crippen molar-refractivity contribution < 1.29 is 22.3 Å². The standard InChI is InChI=1S/C28H29ClF4N2O/c1-6-8-13-34-27(35-17-18(3)25(29)16-22(7-2)28(31,32)33)24-14-21(15-26(36-5)19(24)4)20-9-11-23(30)12-10-20/h7-16H,3,6,17H2,1-2,4-5H3,(H,34,35)/b13-8+,22-7+,25-16+. The van der Waals surface area contributed by atoms with Crippen LogP contribution in [-0.4, -0.2) is 25.7 Å². The quantitative estimate of drug-likeness (QED) is 0.156. The molecule has 0 saturated heterocycles. The van der Waals surface area contributed by atoms with Crippen LogP contribution in [0.4, 0.5) is 17.6 Å². The Bertz CT molecular complexity index is 1190. The fourth-order valence-corrected chi connectivity index (χ4v) is 3.41. The molecule has 3 nitrogen and oxygen atoms in total. The van der Waals surface area contributed by atoms with Crippen LogP contribution in [0.3, 0.4) is 0 Å². The molecular formula is C28H29ClF4N2O. The van der Waals surface area contributed by atoms with E-state index in [0.717, 1.165) is 35.3 Å². The average molecular weight is 521 g/mol. The van der Waals surface area contributed by atoms with Gasteiger partial charge in [-0.2, -0.15) is 13.2 Å². The Morgan fingerprint density at radius 2 is 1.83 bits per heavy atom. The normalized spacial score (nSPS) is 13.3. The van der Waals surface area contributed by atoms with Gasteiger partial charge in [0.2, 0.25) is 0 Å². The maximum atomic E-state index is 13.4. The summed E-state index contributed by atoms with van der Waals surface area (Å²) in [5.41, 5.74) is 2.40. The Kier molecular flexibility index (Phi) is 10.5. The minimum Gasteiger partial charge on any atom is -0.496 e. The Hall–Kier alpha value is -3.32. The molecule has 192 valence electrons. The van der Waals surface area contributed by atoms with Crippen LogP contribution in [0.5, 0.6) is 5.75 Å². The summed E-state index contributed by atoms with van der Waals surface area (Å²) in [7, 11) is 1.55. The fourth-order valence-electron chi connectivity index (χ4n) is 3.24. The van der Waals surface area contributed by atoms with Crippen LogP contribution >= 0.6 is 11.6 Å². The van der Waals surface area contributed by atoms with Crippen molar-refractivity contribution in [1.82, 2.24) is 5.32 Å². The van der Waals surface area contributed by atoms with E-state index in [1.165, 1.54) is 19.1 Å². The number of ether oxygens (including phenoxy) is 1. The van der Waals surface area contributed by atoms with E-state index in [0.29, 0.717) is 17.1 Å². The lowest BCUT2D eigenvalue weighted by Gasteiger charge is -2.16. The fraction of sp³-hybridized carbons (Fsp3) is 0.250. The number of hydrogen-bond donors (Lipinski definition) is 1. The van der Waals surface area contributed by atoms with Crippen LogP contribution in [0.25, 0.3) is 11.1 Å². The molecule has 0 radical (unpaired) electrons. The summed E-state index contributed by atoms with van der Waals surface area (Å²) in [6.45, 7) is 8.89. The maximum absolute atomic E-state index is 13.4. The molecule has 0 aliphatic rings. The largest absolute Gasteiger partial charge is 0.496 e. The minimum atomic E-state index is -4.52. The molecule has 0 spiro atoms. The molecule has 0 bridgehead atoms.